The van der Waals surface area contributed by atoms with Crippen LogP contribution >= 0.6 is 11.6 Å². The van der Waals surface area contributed by atoms with Crippen LogP contribution in [0.1, 0.15) is 18.2 Å². The average Bonchev–Trinajstić information content (AvgIpc) is 3.27. The molecule has 1 aliphatic heterocycles. The molecule has 0 bridgehead atoms. The highest BCUT2D eigenvalue weighted by molar-refractivity contribution is 6.30. The Morgan fingerprint density at radius 2 is 1.72 bits per heavy atom. The lowest BCUT2D eigenvalue weighted by molar-refractivity contribution is -0.140. The third-order valence-corrected chi connectivity index (χ3v) is 5.59. The van der Waals surface area contributed by atoms with Crippen LogP contribution in [0.25, 0.3) is 17.4 Å². The van der Waals surface area contributed by atoms with Crippen LogP contribution in [0.4, 0.5) is 0 Å². The third-order valence-electron chi connectivity index (χ3n) is 5.33. The van der Waals surface area contributed by atoms with Crippen molar-refractivity contribution in [1.29, 1.82) is 5.26 Å². The zero-order chi connectivity index (χ0) is 22.7. The van der Waals surface area contributed by atoms with Gasteiger partial charge in [0.2, 0.25) is 0 Å². The Hall–Kier alpha value is -3.88. The number of nitriles is 1. The molecule has 2 amide bonds. The van der Waals surface area contributed by atoms with Crippen molar-refractivity contribution >= 4 is 29.5 Å². The first-order chi connectivity index (χ1) is 15.5. The minimum absolute atomic E-state index is 0.0339. The predicted octanol–water partition coefficient (Wildman–Crippen LogP) is 5.43. The van der Waals surface area contributed by atoms with E-state index in [1.54, 1.807) is 37.3 Å². The van der Waals surface area contributed by atoms with Gasteiger partial charge in [-0.1, -0.05) is 41.9 Å². The summed E-state index contributed by atoms with van der Waals surface area (Å²) in [5.41, 5.74) is 2.43. The lowest BCUT2D eigenvalue weighted by Gasteiger charge is -2.27. The maximum Gasteiger partial charge on any atom is 0.271 e. The maximum absolute atomic E-state index is 13.2. The van der Waals surface area contributed by atoms with Crippen LogP contribution in [-0.4, -0.2) is 23.3 Å². The SMILES string of the molecule is CC1=C(C#N)C(=O)N(CCc2ccccc2)C(=O)/C1=C/c1ccc(-c2ccc(Cl)cc2)o1. The maximum atomic E-state index is 13.2. The molecule has 6 heteroatoms. The van der Waals surface area contributed by atoms with Gasteiger partial charge in [0.1, 0.15) is 23.2 Å². The van der Waals surface area contributed by atoms with E-state index in [9.17, 15) is 14.9 Å². The summed E-state index contributed by atoms with van der Waals surface area (Å²) in [5, 5.41) is 10.2. The Balaban J connectivity index is 1.64. The molecule has 2 aromatic carbocycles. The number of carbonyl (C=O) groups is 2. The number of imide groups is 1. The topological polar surface area (TPSA) is 74.3 Å². The van der Waals surface area contributed by atoms with Crippen LogP contribution in [0.15, 0.2) is 87.9 Å². The fourth-order valence-electron chi connectivity index (χ4n) is 3.56. The first-order valence-electron chi connectivity index (χ1n) is 10.1. The van der Waals surface area contributed by atoms with Gasteiger partial charge in [-0.05, 0) is 67.0 Å². The zero-order valence-electron chi connectivity index (χ0n) is 17.3. The van der Waals surface area contributed by atoms with E-state index in [-0.39, 0.29) is 17.7 Å². The number of nitrogens with zero attached hydrogens (tertiary/aromatic N) is 2. The van der Waals surface area contributed by atoms with Crippen LogP contribution in [0.5, 0.6) is 0 Å². The number of carbonyl (C=O) groups excluding carboxylic acids is 2. The van der Waals surface area contributed by atoms with Crippen molar-refractivity contribution in [3.63, 3.8) is 0 Å². The largest absolute Gasteiger partial charge is 0.457 e. The summed E-state index contributed by atoms with van der Waals surface area (Å²) in [6.45, 7) is 1.80. The molecule has 2 heterocycles. The van der Waals surface area contributed by atoms with Gasteiger partial charge in [-0.3, -0.25) is 14.5 Å². The third kappa shape index (κ3) is 4.27. The van der Waals surface area contributed by atoms with E-state index in [1.807, 2.05) is 48.5 Å². The fraction of sp³-hybridized carbons (Fsp3) is 0.115. The molecular weight excluding hydrogens is 424 g/mol. The minimum atomic E-state index is -0.565. The number of amides is 2. The highest BCUT2D eigenvalue weighted by atomic mass is 35.5. The number of hydrogen-bond donors (Lipinski definition) is 0. The van der Waals surface area contributed by atoms with Crippen molar-refractivity contribution in [3.05, 3.63) is 99.8 Å². The molecular formula is C26H19ClN2O3. The second-order valence-electron chi connectivity index (χ2n) is 7.38. The fourth-order valence-corrected chi connectivity index (χ4v) is 3.69. The molecule has 0 radical (unpaired) electrons. The molecule has 0 unspecified atom stereocenters. The zero-order valence-corrected chi connectivity index (χ0v) is 18.1. The van der Waals surface area contributed by atoms with Crippen molar-refractivity contribution in [3.8, 4) is 17.4 Å². The number of hydrogen-bond acceptors (Lipinski definition) is 4. The molecule has 0 atom stereocenters. The van der Waals surface area contributed by atoms with Crippen molar-refractivity contribution in [1.82, 2.24) is 4.90 Å². The smallest absolute Gasteiger partial charge is 0.271 e. The summed E-state index contributed by atoms with van der Waals surface area (Å²) in [5.74, 6) is 0.0690. The molecule has 0 spiro atoms. The van der Waals surface area contributed by atoms with E-state index < -0.39 is 11.8 Å². The summed E-state index contributed by atoms with van der Waals surface area (Å²) in [7, 11) is 0. The van der Waals surface area contributed by atoms with Crippen LogP contribution in [0.2, 0.25) is 5.02 Å². The molecule has 0 N–H and O–H groups in total. The normalized spacial score (nSPS) is 15.4. The minimum Gasteiger partial charge on any atom is -0.457 e. The monoisotopic (exact) mass is 442 g/mol. The van der Waals surface area contributed by atoms with Gasteiger partial charge in [-0.25, -0.2) is 0 Å². The molecule has 0 saturated carbocycles. The van der Waals surface area contributed by atoms with Crippen LogP contribution < -0.4 is 0 Å². The van der Waals surface area contributed by atoms with E-state index in [1.165, 1.54) is 0 Å². The Morgan fingerprint density at radius 1 is 1.00 bits per heavy atom. The Kier molecular flexibility index (Phi) is 6.07. The standard InChI is InChI=1S/C26H19ClN2O3/c1-17-22(15-21-11-12-24(32-21)19-7-9-20(27)10-8-19)25(30)29(26(31)23(17)16-28)14-13-18-5-3-2-4-6-18/h2-12,15H,13-14H2,1H3/b22-15+. The van der Waals surface area contributed by atoms with E-state index in [4.69, 9.17) is 16.0 Å². The Labute approximate surface area is 190 Å². The number of benzene rings is 2. The molecule has 0 fully saturated rings. The van der Waals surface area contributed by atoms with Gasteiger partial charge in [-0.2, -0.15) is 5.26 Å². The van der Waals surface area contributed by atoms with E-state index in [2.05, 4.69) is 0 Å². The van der Waals surface area contributed by atoms with Crippen LogP contribution in [0, 0.1) is 11.3 Å². The number of furan rings is 1. The van der Waals surface area contributed by atoms with E-state index in [0.29, 0.717) is 28.5 Å². The molecule has 5 nitrogen and oxygen atoms in total. The molecule has 3 aromatic rings. The van der Waals surface area contributed by atoms with Crippen molar-refractivity contribution in [2.45, 2.75) is 13.3 Å². The molecule has 4 rings (SSSR count). The van der Waals surface area contributed by atoms with Crippen molar-refractivity contribution < 1.29 is 14.0 Å². The van der Waals surface area contributed by atoms with Gasteiger partial charge in [0.25, 0.3) is 11.8 Å². The number of halogens is 1. The second kappa shape index (κ2) is 9.09. The average molecular weight is 443 g/mol. The molecule has 0 aliphatic carbocycles. The van der Waals surface area contributed by atoms with Gasteiger partial charge in [0, 0.05) is 22.7 Å². The Morgan fingerprint density at radius 3 is 2.41 bits per heavy atom. The lowest BCUT2D eigenvalue weighted by atomic mass is 9.94. The van der Waals surface area contributed by atoms with Gasteiger partial charge in [0.15, 0.2) is 0 Å². The van der Waals surface area contributed by atoms with E-state index >= 15 is 0 Å². The molecule has 1 aromatic heterocycles. The van der Waals surface area contributed by atoms with Crippen molar-refractivity contribution in [2.24, 2.45) is 0 Å². The highest BCUT2D eigenvalue weighted by Gasteiger charge is 2.35. The molecule has 0 saturated heterocycles. The first-order valence-corrected chi connectivity index (χ1v) is 10.4. The number of rotatable bonds is 5. The van der Waals surface area contributed by atoms with Gasteiger partial charge in [0.05, 0.1) is 0 Å². The van der Waals surface area contributed by atoms with Crippen LogP contribution in [0.3, 0.4) is 0 Å². The summed E-state index contributed by atoms with van der Waals surface area (Å²) in [4.78, 5) is 27.1. The quantitative estimate of drug-likeness (QED) is 0.389. The van der Waals surface area contributed by atoms with E-state index in [0.717, 1.165) is 16.0 Å². The van der Waals surface area contributed by atoms with Gasteiger partial charge >= 0.3 is 0 Å². The Bertz CT molecular complexity index is 1280. The van der Waals surface area contributed by atoms with Crippen LogP contribution in [-0.2, 0) is 16.0 Å². The first kappa shape index (κ1) is 21.4. The van der Waals surface area contributed by atoms with Crippen molar-refractivity contribution in [2.75, 3.05) is 6.54 Å². The summed E-state index contributed by atoms with van der Waals surface area (Å²) in [6, 6.07) is 22.3. The summed E-state index contributed by atoms with van der Waals surface area (Å²) >= 11 is 5.94. The lowest BCUT2D eigenvalue weighted by Crippen LogP contribution is -2.43. The summed E-state index contributed by atoms with van der Waals surface area (Å²) < 4.78 is 5.89. The van der Waals surface area contributed by atoms with Gasteiger partial charge in [-0.15, -0.1) is 0 Å². The summed E-state index contributed by atoms with van der Waals surface area (Å²) in [6.07, 6.45) is 2.08. The molecule has 158 valence electrons. The highest BCUT2D eigenvalue weighted by Crippen LogP contribution is 2.29. The predicted molar refractivity (Wildman–Crippen MR) is 122 cm³/mol. The van der Waals surface area contributed by atoms with Gasteiger partial charge < -0.3 is 4.42 Å². The second-order valence-corrected chi connectivity index (χ2v) is 7.81. The molecule has 32 heavy (non-hydrogen) atoms. The molecule has 1 aliphatic rings.